The van der Waals surface area contributed by atoms with Gasteiger partial charge in [0.25, 0.3) is 0 Å². The van der Waals surface area contributed by atoms with E-state index >= 15 is 0 Å². The van der Waals surface area contributed by atoms with Crippen molar-refractivity contribution in [1.82, 2.24) is 24.9 Å². The highest BCUT2D eigenvalue weighted by molar-refractivity contribution is 7.17. The van der Waals surface area contributed by atoms with E-state index in [1.54, 1.807) is 16.8 Å². The Morgan fingerprint density at radius 2 is 1.46 bits per heavy atom. The summed E-state index contributed by atoms with van der Waals surface area (Å²) in [6.07, 6.45) is 13.1. The van der Waals surface area contributed by atoms with Crippen molar-refractivity contribution in [3.63, 3.8) is 0 Å². The van der Waals surface area contributed by atoms with Crippen LogP contribution in [0.2, 0.25) is 15.6 Å². The first kappa shape index (κ1) is 26.7. The van der Waals surface area contributed by atoms with Crippen LogP contribution >= 0.6 is 57.5 Å². The minimum absolute atomic E-state index is 0.133. The van der Waals surface area contributed by atoms with Gasteiger partial charge in [-0.15, -0.1) is 22.7 Å². The van der Waals surface area contributed by atoms with Gasteiger partial charge >= 0.3 is 0 Å². The molecule has 2 aliphatic rings. The molecule has 4 aromatic rings. The Labute approximate surface area is 227 Å². The molecule has 4 aromatic heterocycles. The summed E-state index contributed by atoms with van der Waals surface area (Å²) >= 11 is 20.3. The fourth-order valence-corrected chi connectivity index (χ4v) is 6.23. The third-order valence-corrected chi connectivity index (χ3v) is 8.42. The summed E-state index contributed by atoms with van der Waals surface area (Å²) in [7, 11) is 0. The molecular weight excluding hydrogens is 545 g/mol. The molecule has 0 saturated heterocycles. The SMILES string of the molecule is Clc1cc2ncsc2c(NC2CCCCC2)n1.Clc1nc(Cl)c2scnc2n1.NC1CCCCC1. The Morgan fingerprint density at radius 3 is 2.14 bits per heavy atom. The van der Waals surface area contributed by atoms with Gasteiger partial charge in [-0.1, -0.05) is 61.7 Å². The highest BCUT2D eigenvalue weighted by atomic mass is 35.5. The van der Waals surface area contributed by atoms with Crippen molar-refractivity contribution in [2.24, 2.45) is 5.73 Å². The monoisotopic (exact) mass is 571 g/mol. The quantitative estimate of drug-likeness (QED) is 0.144. The molecule has 2 aliphatic carbocycles. The van der Waals surface area contributed by atoms with Gasteiger partial charge < -0.3 is 11.1 Å². The van der Waals surface area contributed by atoms with Crippen molar-refractivity contribution in [3.8, 4) is 0 Å². The smallest absolute Gasteiger partial charge is 0.225 e. The number of nitrogens with zero attached hydrogens (tertiary/aromatic N) is 5. The van der Waals surface area contributed by atoms with Crippen LogP contribution in [0.5, 0.6) is 0 Å². The predicted molar refractivity (Wildman–Crippen MR) is 149 cm³/mol. The number of thiazole rings is 2. The Balaban J connectivity index is 0.000000137. The third-order valence-electron chi connectivity index (χ3n) is 6.00. The number of hydrogen-bond acceptors (Lipinski definition) is 9. The van der Waals surface area contributed by atoms with Gasteiger partial charge in [0.05, 0.1) is 21.2 Å². The molecule has 0 bridgehead atoms. The molecule has 0 amide bonds. The summed E-state index contributed by atoms with van der Waals surface area (Å²) in [5.41, 5.74) is 10.6. The first-order valence-corrected chi connectivity index (χ1v) is 14.7. The summed E-state index contributed by atoms with van der Waals surface area (Å²) in [6.45, 7) is 0. The molecule has 0 aromatic carbocycles. The van der Waals surface area contributed by atoms with Crippen molar-refractivity contribution in [2.45, 2.75) is 76.3 Å². The molecule has 0 radical (unpaired) electrons. The summed E-state index contributed by atoms with van der Waals surface area (Å²) in [6, 6.07) is 2.90. The summed E-state index contributed by atoms with van der Waals surface area (Å²) in [5, 5.41) is 4.54. The largest absolute Gasteiger partial charge is 0.366 e. The lowest BCUT2D eigenvalue weighted by Crippen LogP contribution is -2.22. The van der Waals surface area contributed by atoms with E-state index in [2.05, 4.69) is 30.2 Å². The molecular formula is C23H28Cl3N7S2. The van der Waals surface area contributed by atoms with E-state index in [-0.39, 0.29) is 5.28 Å². The van der Waals surface area contributed by atoms with Crippen LogP contribution in [0.4, 0.5) is 5.82 Å². The van der Waals surface area contributed by atoms with Crippen LogP contribution in [-0.2, 0) is 0 Å². The second-order valence-corrected chi connectivity index (χ2v) is 11.5. The second kappa shape index (κ2) is 13.3. The topological polar surface area (TPSA) is 102 Å². The second-order valence-electron chi connectivity index (χ2n) is 8.66. The van der Waals surface area contributed by atoms with E-state index in [9.17, 15) is 0 Å². The molecule has 0 spiro atoms. The zero-order valence-corrected chi connectivity index (χ0v) is 23.1. The number of aromatic nitrogens is 5. The molecule has 7 nitrogen and oxygen atoms in total. The van der Waals surface area contributed by atoms with Gasteiger partial charge in [0, 0.05) is 18.2 Å². The number of rotatable bonds is 2. The molecule has 12 heteroatoms. The van der Waals surface area contributed by atoms with Gasteiger partial charge in [0.15, 0.2) is 10.8 Å². The van der Waals surface area contributed by atoms with Crippen LogP contribution in [0, 0.1) is 0 Å². The number of pyridine rings is 1. The van der Waals surface area contributed by atoms with Gasteiger partial charge in [-0.3, -0.25) is 0 Å². The van der Waals surface area contributed by atoms with E-state index < -0.39 is 0 Å². The minimum Gasteiger partial charge on any atom is -0.366 e. The molecule has 0 aliphatic heterocycles. The van der Waals surface area contributed by atoms with Gasteiger partial charge in [0.1, 0.15) is 15.7 Å². The average Bonchev–Trinajstić information content (AvgIpc) is 3.51. The summed E-state index contributed by atoms with van der Waals surface area (Å²) in [5.74, 6) is 0.905. The first-order valence-electron chi connectivity index (χ1n) is 11.8. The molecule has 2 saturated carbocycles. The minimum atomic E-state index is 0.133. The highest BCUT2D eigenvalue weighted by Crippen LogP contribution is 2.30. The molecule has 188 valence electrons. The van der Waals surface area contributed by atoms with Gasteiger partial charge in [-0.2, -0.15) is 4.98 Å². The van der Waals surface area contributed by atoms with Crippen LogP contribution in [0.15, 0.2) is 17.1 Å². The lowest BCUT2D eigenvalue weighted by molar-refractivity contribution is 0.441. The van der Waals surface area contributed by atoms with Crippen molar-refractivity contribution in [2.75, 3.05) is 5.32 Å². The van der Waals surface area contributed by atoms with Crippen LogP contribution in [-0.4, -0.2) is 37.0 Å². The molecule has 35 heavy (non-hydrogen) atoms. The normalized spacial score (nSPS) is 16.9. The Hall–Kier alpha value is -1.36. The predicted octanol–water partition coefficient (Wildman–Crippen LogP) is 7.76. The summed E-state index contributed by atoms with van der Waals surface area (Å²) < 4.78 is 1.89. The fraction of sp³-hybridized carbons (Fsp3) is 0.522. The number of hydrogen-bond donors (Lipinski definition) is 2. The standard InChI is InChI=1S/C12H14ClN3S.C6H13N.C5HCl2N3S/c13-10-6-9-11(17-7-14-9)12(16-10)15-8-4-2-1-3-5-8;7-6-4-2-1-3-5-6;6-3-2-4(8-1-11-2)10-5(7)9-3/h6-8H,1-5H2,(H,15,16);6H,1-5,7H2;1H. The highest BCUT2D eigenvalue weighted by Gasteiger charge is 2.16. The van der Waals surface area contributed by atoms with E-state index in [1.807, 2.05) is 11.6 Å². The Bertz CT molecular complexity index is 1220. The van der Waals surface area contributed by atoms with E-state index in [4.69, 9.17) is 40.5 Å². The van der Waals surface area contributed by atoms with Gasteiger partial charge in [-0.25, -0.2) is 19.9 Å². The zero-order chi connectivity index (χ0) is 24.6. The molecule has 0 unspecified atom stereocenters. The van der Waals surface area contributed by atoms with Crippen molar-refractivity contribution in [1.29, 1.82) is 0 Å². The van der Waals surface area contributed by atoms with Gasteiger partial charge in [0.2, 0.25) is 5.28 Å². The van der Waals surface area contributed by atoms with E-state index in [1.165, 1.54) is 75.5 Å². The van der Waals surface area contributed by atoms with Crippen molar-refractivity contribution < 1.29 is 0 Å². The summed E-state index contributed by atoms with van der Waals surface area (Å²) in [4.78, 5) is 20.2. The zero-order valence-electron chi connectivity index (χ0n) is 19.2. The molecule has 3 N–H and O–H groups in total. The Kier molecular flexibility index (Phi) is 10.1. The maximum atomic E-state index is 6.01. The lowest BCUT2D eigenvalue weighted by atomic mass is 9.95. The van der Waals surface area contributed by atoms with Crippen LogP contribution in [0.25, 0.3) is 20.6 Å². The average molecular weight is 573 g/mol. The molecule has 4 heterocycles. The number of nitrogens with two attached hydrogens (primary N) is 1. The number of halogens is 3. The number of fused-ring (bicyclic) bond motifs is 2. The number of nitrogens with one attached hydrogen (secondary N) is 1. The van der Waals surface area contributed by atoms with Gasteiger partial charge in [-0.05, 0) is 37.3 Å². The fourth-order valence-electron chi connectivity index (χ4n) is 4.21. The Morgan fingerprint density at radius 1 is 0.800 bits per heavy atom. The van der Waals surface area contributed by atoms with E-state index in [0.29, 0.717) is 28.0 Å². The maximum Gasteiger partial charge on any atom is 0.225 e. The van der Waals surface area contributed by atoms with Crippen molar-refractivity contribution in [3.05, 3.63) is 32.7 Å². The maximum absolute atomic E-state index is 6.01. The third kappa shape index (κ3) is 7.81. The van der Waals surface area contributed by atoms with Crippen LogP contribution in [0.1, 0.15) is 64.2 Å². The van der Waals surface area contributed by atoms with E-state index in [0.717, 1.165) is 20.7 Å². The molecule has 2 fully saturated rings. The van der Waals surface area contributed by atoms with Crippen LogP contribution < -0.4 is 11.1 Å². The lowest BCUT2D eigenvalue weighted by Gasteiger charge is -2.23. The molecule has 0 atom stereocenters. The van der Waals surface area contributed by atoms with Crippen molar-refractivity contribution >= 4 is 83.9 Å². The first-order chi connectivity index (χ1) is 17.0. The molecule has 6 rings (SSSR count). The van der Waals surface area contributed by atoms with Crippen LogP contribution in [0.3, 0.4) is 0 Å². The number of anilines is 1.